The molecular weight excluding hydrogens is 320 g/mol. The van der Waals surface area contributed by atoms with Crippen molar-refractivity contribution in [3.8, 4) is 0 Å². The molecule has 0 unspecified atom stereocenters. The average molecular weight is 346 g/mol. The van der Waals surface area contributed by atoms with Gasteiger partial charge < -0.3 is 15.4 Å². The molecule has 1 aliphatic rings. The molecule has 8 nitrogen and oxygen atoms in total. The third-order valence-corrected chi connectivity index (χ3v) is 4.76. The Hall–Kier alpha value is -2.06. The highest BCUT2D eigenvalue weighted by Gasteiger charge is 2.32. The predicted octanol–water partition coefficient (Wildman–Crippen LogP) is 0.416. The number of hydrogen-bond acceptors (Lipinski definition) is 6. The number of hydrogen-bond donors (Lipinski definition) is 2. The van der Waals surface area contributed by atoms with E-state index in [1.54, 1.807) is 11.6 Å². The summed E-state index contributed by atoms with van der Waals surface area (Å²) in [4.78, 5) is 21.1. The third kappa shape index (κ3) is 4.13. The van der Waals surface area contributed by atoms with Gasteiger partial charge in [-0.1, -0.05) is 0 Å². The van der Waals surface area contributed by atoms with E-state index in [0.29, 0.717) is 24.8 Å². The summed E-state index contributed by atoms with van der Waals surface area (Å²) >= 11 is 0. The molecule has 25 heavy (non-hydrogen) atoms. The molecule has 8 heteroatoms. The fourth-order valence-corrected chi connectivity index (χ4v) is 3.41. The molecule has 2 aromatic heterocycles. The fraction of sp³-hybridized carbons (Fsp3) is 0.647. The highest BCUT2D eigenvalue weighted by molar-refractivity contribution is 5.77. The molecule has 0 radical (unpaired) electrons. The number of nitrogens with one attached hydrogen (secondary N) is 2. The highest BCUT2D eigenvalue weighted by Crippen LogP contribution is 2.28. The van der Waals surface area contributed by atoms with Crippen molar-refractivity contribution in [2.24, 2.45) is 5.41 Å². The normalized spacial score (nSPS) is 16.9. The molecule has 1 fully saturated rings. The van der Waals surface area contributed by atoms with Crippen LogP contribution < -0.4 is 10.6 Å². The first-order chi connectivity index (χ1) is 12.0. The minimum atomic E-state index is -0.0701. The Balaban J connectivity index is 1.63. The van der Waals surface area contributed by atoms with Crippen molar-refractivity contribution < 1.29 is 9.53 Å². The molecule has 1 amide bonds. The van der Waals surface area contributed by atoms with Gasteiger partial charge in [-0.3, -0.25) is 4.79 Å². The van der Waals surface area contributed by atoms with Gasteiger partial charge in [-0.2, -0.15) is 4.98 Å². The molecule has 0 aliphatic carbocycles. The number of aromatic nitrogens is 4. The lowest BCUT2D eigenvalue weighted by atomic mass is 9.79. The van der Waals surface area contributed by atoms with Crippen LogP contribution in [0, 0.1) is 19.3 Å². The first kappa shape index (κ1) is 17.8. The Labute approximate surface area is 147 Å². The van der Waals surface area contributed by atoms with Crippen molar-refractivity contribution in [1.82, 2.24) is 30.2 Å². The number of methoxy groups -OCH3 is 1. The van der Waals surface area contributed by atoms with E-state index >= 15 is 0 Å². The topological polar surface area (TPSA) is 93.4 Å². The van der Waals surface area contributed by atoms with Gasteiger partial charge in [-0.15, -0.1) is 5.10 Å². The number of rotatable bonds is 6. The number of amides is 1. The van der Waals surface area contributed by atoms with Crippen molar-refractivity contribution in [2.45, 2.75) is 33.1 Å². The van der Waals surface area contributed by atoms with Crippen LogP contribution in [0.4, 0.5) is 0 Å². The quantitative estimate of drug-likeness (QED) is 0.787. The van der Waals surface area contributed by atoms with Crippen LogP contribution in [0.15, 0.2) is 6.07 Å². The van der Waals surface area contributed by atoms with Crippen LogP contribution in [-0.2, 0) is 16.0 Å². The zero-order valence-corrected chi connectivity index (χ0v) is 15.1. The van der Waals surface area contributed by atoms with E-state index < -0.39 is 0 Å². The van der Waals surface area contributed by atoms with E-state index in [1.807, 2.05) is 19.9 Å². The maximum atomic E-state index is 12.4. The monoisotopic (exact) mass is 346 g/mol. The summed E-state index contributed by atoms with van der Waals surface area (Å²) in [5.41, 5.74) is 1.85. The number of ether oxygens (including phenoxy) is 1. The van der Waals surface area contributed by atoms with Crippen molar-refractivity contribution in [1.29, 1.82) is 0 Å². The largest absolute Gasteiger partial charge is 0.384 e. The lowest BCUT2D eigenvalue weighted by Crippen LogP contribution is -2.47. The molecule has 1 aliphatic heterocycles. The Morgan fingerprint density at radius 3 is 2.84 bits per heavy atom. The van der Waals surface area contributed by atoms with Crippen LogP contribution in [0.2, 0.25) is 0 Å². The van der Waals surface area contributed by atoms with Crippen molar-refractivity contribution in [3.05, 3.63) is 23.3 Å². The third-order valence-electron chi connectivity index (χ3n) is 4.76. The second kappa shape index (κ2) is 7.45. The highest BCUT2D eigenvalue weighted by atomic mass is 16.5. The summed E-state index contributed by atoms with van der Waals surface area (Å²) in [6.45, 7) is 7.05. The maximum Gasteiger partial charge on any atom is 0.252 e. The molecule has 0 bridgehead atoms. The van der Waals surface area contributed by atoms with E-state index in [-0.39, 0.29) is 17.7 Å². The predicted molar refractivity (Wildman–Crippen MR) is 93.4 cm³/mol. The molecule has 0 saturated carbocycles. The molecule has 136 valence electrons. The summed E-state index contributed by atoms with van der Waals surface area (Å²) < 4.78 is 7.06. The van der Waals surface area contributed by atoms with Crippen LogP contribution in [0.3, 0.4) is 0 Å². The number of fused-ring (bicyclic) bond motifs is 1. The lowest BCUT2D eigenvalue weighted by Gasteiger charge is -2.37. The lowest BCUT2D eigenvalue weighted by molar-refractivity contribution is -0.121. The van der Waals surface area contributed by atoms with E-state index in [1.165, 1.54) is 0 Å². The van der Waals surface area contributed by atoms with E-state index in [0.717, 1.165) is 37.3 Å². The van der Waals surface area contributed by atoms with Crippen LogP contribution >= 0.6 is 0 Å². The van der Waals surface area contributed by atoms with Crippen molar-refractivity contribution in [3.63, 3.8) is 0 Å². The molecule has 2 aromatic rings. The zero-order valence-electron chi connectivity index (χ0n) is 15.1. The molecular formula is C17H26N6O2. The summed E-state index contributed by atoms with van der Waals surface area (Å²) in [6, 6.07) is 1.94. The average Bonchev–Trinajstić information content (AvgIpc) is 2.97. The van der Waals surface area contributed by atoms with Gasteiger partial charge in [0, 0.05) is 30.5 Å². The van der Waals surface area contributed by atoms with Gasteiger partial charge >= 0.3 is 0 Å². The molecule has 0 aromatic carbocycles. The summed E-state index contributed by atoms with van der Waals surface area (Å²) in [5, 5.41) is 10.8. The Bertz CT molecular complexity index is 745. The van der Waals surface area contributed by atoms with Crippen LogP contribution in [-0.4, -0.2) is 58.8 Å². The molecule has 3 heterocycles. The van der Waals surface area contributed by atoms with E-state index in [4.69, 9.17) is 4.74 Å². The standard InChI is InChI=1S/C17H26N6O2/c1-12-8-13(2)23-16(20-12)21-14(22-23)9-15(24)19-10-17(11-25-3)4-6-18-7-5-17/h8,18H,4-7,9-11H2,1-3H3,(H,19,24). The minimum absolute atomic E-state index is 0.0112. The number of carbonyl (C=O) groups excluding carboxylic acids is 1. The first-order valence-corrected chi connectivity index (χ1v) is 8.68. The van der Waals surface area contributed by atoms with Crippen LogP contribution in [0.1, 0.15) is 30.1 Å². The molecule has 2 N–H and O–H groups in total. The SMILES string of the molecule is COCC1(CNC(=O)Cc2nc3nc(C)cc(C)n3n2)CCNCC1. The van der Waals surface area contributed by atoms with Gasteiger partial charge in [0.05, 0.1) is 13.0 Å². The Morgan fingerprint density at radius 1 is 1.36 bits per heavy atom. The zero-order chi connectivity index (χ0) is 17.9. The van der Waals surface area contributed by atoms with Crippen molar-refractivity contribution in [2.75, 3.05) is 33.4 Å². The number of piperidine rings is 1. The molecule has 0 atom stereocenters. The van der Waals surface area contributed by atoms with E-state index in [9.17, 15) is 4.79 Å². The fourth-order valence-electron chi connectivity index (χ4n) is 3.41. The van der Waals surface area contributed by atoms with Crippen LogP contribution in [0.5, 0.6) is 0 Å². The van der Waals surface area contributed by atoms with Crippen molar-refractivity contribution >= 4 is 11.7 Å². The second-order valence-corrected chi connectivity index (χ2v) is 6.92. The summed E-state index contributed by atoms with van der Waals surface area (Å²) in [7, 11) is 1.71. The second-order valence-electron chi connectivity index (χ2n) is 6.92. The number of carbonyl (C=O) groups is 1. The summed E-state index contributed by atoms with van der Waals surface area (Å²) in [6.07, 6.45) is 2.15. The minimum Gasteiger partial charge on any atom is -0.384 e. The maximum absolute atomic E-state index is 12.4. The van der Waals surface area contributed by atoms with Gasteiger partial charge in [0.25, 0.3) is 5.78 Å². The van der Waals surface area contributed by atoms with Gasteiger partial charge in [0.2, 0.25) is 5.91 Å². The first-order valence-electron chi connectivity index (χ1n) is 8.68. The number of nitrogens with zero attached hydrogens (tertiary/aromatic N) is 4. The number of aryl methyl sites for hydroxylation is 2. The smallest absolute Gasteiger partial charge is 0.252 e. The Kier molecular flexibility index (Phi) is 5.29. The van der Waals surface area contributed by atoms with Crippen LogP contribution in [0.25, 0.3) is 5.78 Å². The molecule has 3 rings (SSSR count). The molecule has 0 spiro atoms. The molecule has 1 saturated heterocycles. The summed E-state index contributed by atoms with van der Waals surface area (Å²) in [5.74, 6) is 0.957. The van der Waals surface area contributed by atoms with Gasteiger partial charge in [-0.05, 0) is 45.8 Å². The van der Waals surface area contributed by atoms with E-state index in [2.05, 4.69) is 25.7 Å². The van der Waals surface area contributed by atoms with Gasteiger partial charge in [0.15, 0.2) is 5.82 Å². The Morgan fingerprint density at radius 2 is 2.12 bits per heavy atom. The van der Waals surface area contributed by atoms with Gasteiger partial charge in [-0.25, -0.2) is 9.50 Å². The van der Waals surface area contributed by atoms with Gasteiger partial charge in [0.1, 0.15) is 0 Å².